The number of Topliss-reactive ketones (excluding diaryl/α,β-unsaturated/α-hetero) is 1. The second-order valence-corrected chi connectivity index (χ2v) is 4.81. The average Bonchev–Trinajstić information content (AvgIpc) is 2.70. The highest BCUT2D eigenvalue weighted by Crippen LogP contribution is 2.41. The molecular formula is C16H13NO2. The number of hydrogen-bond acceptors (Lipinski definition) is 3. The Morgan fingerprint density at radius 1 is 1.00 bits per heavy atom. The molecule has 0 saturated heterocycles. The lowest BCUT2D eigenvalue weighted by Gasteiger charge is -2.25. The Labute approximate surface area is 111 Å². The first-order chi connectivity index (χ1) is 9.19. The van der Waals surface area contributed by atoms with Crippen molar-refractivity contribution >= 4 is 11.5 Å². The van der Waals surface area contributed by atoms with E-state index in [9.17, 15) is 10.0 Å². The zero-order valence-corrected chi connectivity index (χ0v) is 10.5. The third kappa shape index (κ3) is 1.45. The van der Waals surface area contributed by atoms with Crippen LogP contribution >= 0.6 is 0 Å². The monoisotopic (exact) mass is 251 g/mol. The number of nitrogens with zero attached hydrogens (tertiary/aromatic N) is 1. The lowest BCUT2D eigenvalue weighted by molar-refractivity contribution is 0.106. The van der Waals surface area contributed by atoms with Crippen molar-refractivity contribution < 1.29 is 10.0 Å². The molecule has 0 bridgehead atoms. The van der Waals surface area contributed by atoms with Crippen molar-refractivity contribution in [3.63, 3.8) is 0 Å². The molecule has 19 heavy (non-hydrogen) atoms. The Balaban J connectivity index is 2.33. The highest BCUT2D eigenvalue weighted by molar-refractivity contribution is 6.52. The van der Waals surface area contributed by atoms with Gasteiger partial charge in [0, 0.05) is 5.56 Å². The van der Waals surface area contributed by atoms with E-state index < -0.39 is 5.41 Å². The molecule has 94 valence electrons. The summed E-state index contributed by atoms with van der Waals surface area (Å²) >= 11 is 0. The van der Waals surface area contributed by atoms with Crippen molar-refractivity contribution in [1.29, 1.82) is 0 Å². The fourth-order valence-corrected chi connectivity index (χ4v) is 2.81. The minimum atomic E-state index is -0.691. The molecule has 0 aliphatic heterocycles. The summed E-state index contributed by atoms with van der Waals surface area (Å²) < 4.78 is 0. The fraction of sp³-hybridized carbons (Fsp3) is 0.125. The average molecular weight is 251 g/mol. The molecule has 1 unspecified atom stereocenters. The van der Waals surface area contributed by atoms with Crippen LogP contribution in [0.25, 0.3) is 0 Å². The van der Waals surface area contributed by atoms with Gasteiger partial charge in [-0.15, -0.1) is 0 Å². The van der Waals surface area contributed by atoms with Gasteiger partial charge in [0.1, 0.15) is 5.71 Å². The maximum Gasteiger partial charge on any atom is 0.212 e. The molecule has 1 aliphatic rings. The molecule has 0 fully saturated rings. The highest BCUT2D eigenvalue weighted by atomic mass is 16.4. The molecule has 3 rings (SSSR count). The van der Waals surface area contributed by atoms with Gasteiger partial charge in [-0.05, 0) is 18.1 Å². The number of carbonyl (C=O) groups is 1. The summed E-state index contributed by atoms with van der Waals surface area (Å²) in [6, 6.07) is 17.1. The second-order valence-electron chi connectivity index (χ2n) is 4.81. The van der Waals surface area contributed by atoms with Gasteiger partial charge in [-0.1, -0.05) is 59.8 Å². The van der Waals surface area contributed by atoms with Crippen molar-refractivity contribution in [2.24, 2.45) is 5.16 Å². The van der Waals surface area contributed by atoms with Gasteiger partial charge in [0.2, 0.25) is 5.78 Å². The van der Waals surface area contributed by atoms with E-state index in [0.717, 1.165) is 11.1 Å². The van der Waals surface area contributed by atoms with Gasteiger partial charge in [-0.2, -0.15) is 0 Å². The molecule has 2 aromatic carbocycles. The van der Waals surface area contributed by atoms with Crippen LogP contribution in [0.3, 0.4) is 0 Å². The third-order valence-corrected chi connectivity index (χ3v) is 3.85. The normalized spacial score (nSPS) is 23.6. The largest absolute Gasteiger partial charge is 0.410 e. The first-order valence-corrected chi connectivity index (χ1v) is 6.12. The molecule has 2 aromatic rings. The fourth-order valence-electron chi connectivity index (χ4n) is 2.81. The Bertz CT molecular complexity index is 676. The van der Waals surface area contributed by atoms with Crippen LogP contribution in [0.4, 0.5) is 0 Å². The van der Waals surface area contributed by atoms with Crippen LogP contribution in [0, 0.1) is 0 Å². The number of hydrogen-bond donors (Lipinski definition) is 1. The number of oxime groups is 1. The molecule has 1 N–H and O–H groups in total. The Kier molecular flexibility index (Phi) is 2.49. The van der Waals surface area contributed by atoms with Crippen molar-refractivity contribution in [3.05, 3.63) is 71.3 Å². The van der Waals surface area contributed by atoms with Crippen LogP contribution in [0.15, 0.2) is 59.8 Å². The number of benzene rings is 2. The SMILES string of the molecule is CC1(c2ccccc2)C(=NO)C(=O)c2ccccc21. The molecular weight excluding hydrogens is 238 g/mol. The molecule has 0 spiro atoms. The van der Waals surface area contributed by atoms with E-state index in [0.29, 0.717) is 5.56 Å². The van der Waals surface area contributed by atoms with Gasteiger partial charge in [0.05, 0.1) is 5.41 Å². The second kappa shape index (κ2) is 4.05. The first-order valence-electron chi connectivity index (χ1n) is 6.12. The van der Waals surface area contributed by atoms with Gasteiger partial charge in [0.15, 0.2) is 0 Å². The standard InChI is InChI=1S/C16H13NO2/c1-16(11-7-3-2-4-8-11)13-10-6-5-9-12(13)14(18)15(16)17-19/h2-10,19H,1H3. The third-order valence-electron chi connectivity index (χ3n) is 3.85. The Morgan fingerprint density at radius 3 is 2.32 bits per heavy atom. The predicted molar refractivity (Wildman–Crippen MR) is 72.9 cm³/mol. The summed E-state index contributed by atoms with van der Waals surface area (Å²) in [6.45, 7) is 1.92. The summed E-state index contributed by atoms with van der Waals surface area (Å²) in [7, 11) is 0. The van der Waals surface area contributed by atoms with Gasteiger partial charge >= 0.3 is 0 Å². The maximum atomic E-state index is 12.3. The van der Waals surface area contributed by atoms with Gasteiger partial charge in [-0.25, -0.2) is 0 Å². The zero-order valence-electron chi connectivity index (χ0n) is 10.5. The van der Waals surface area contributed by atoms with Crippen LogP contribution in [0.1, 0.15) is 28.4 Å². The molecule has 0 heterocycles. The van der Waals surface area contributed by atoms with E-state index in [2.05, 4.69) is 5.16 Å². The van der Waals surface area contributed by atoms with Gasteiger partial charge in [0.25, 0.3) is 0 Å². The smallest absolute Gasteiger partial charge is 0.212 e. The van der Waals surface area contributed by atoms with E-state index in [-0.39, 0.29) is 11.5 Å². The molecule has 1 atom stereocenters. The van der Waals surface area contributed by atoms with E-state index in [1.54, 1.807) is 6.07 Å². The van der Waals surface area contributed by atoms with Crippen molar-refractivity contribution in [1.82, 2.24) is 0 Å². The molecule has 3 nitrogen and oxygen atoms in total. The summed E-state index contributed by atoms with van der Waals surface area (Å²) in [5.41, 5.74) is 1.94. The van der Waals surface area contributed by atoms with Crippen LogP contribution in [-0.2, 0) is 5.41 Å². The molecule has 3 heteroatoms. The lowest BCUT2D eigenvalue weighted by Crippen LogP contribution is -2.32. The lowest BCUT2D eigenvalue weighted by atomic mass is 9.76. The van der Waals surface area contributed by atoms with Gasteiger partial charge in [-0.3, -0.25) is 4.79 Å². The first kappa shape index (κ1) is 11.7. The van der Waals surface area contributed by atoms with Crippen LogP contribution in [0.2, 0.25) is 0 Å². The van der Waals surface area contributed by atoms with Crippen LogP contribution in [-0.4, -0.2) is 16.7 Å². The minimum absolute atomic E-state index is 0.180. The topological polar surface area (TPSA) is 49.7 Å². The van der Waals surface area contributed by atoms with Crippen molar-refractivity contribution in [3.8, 4) is 0 Å². The summed E-state index contributed by atoms with van der Waals surface area (Å²) in [5, 5.41) is 12.6. The Hall–Kier alpha value is -2.42. The van der Waals surface area contributed by atoms with Crippen LogP contribution in [0.5, 0.6) is 0 Å². The summed E-state index contributed by atoms with van der Waals surface area (Å²) in [5.74, 6) is -0.204. The van der Waals surface area contributed by atoms with E-state index in [1.807, 2.05) is 55.5 Å². The molecule has 0 radical (unpaired) electrons. The number of ketones is 1. The van der Waals surface area contributed by atoms with Gasteiger partial charge < -0.3 is 5.21 Å². The number of rotatable bonds is 1. The number of carbonyl (C=O) groups excluding carboxylic acids is 1. The summed E-state index contributed by atoms with van der Waals surface area (Å²) in [4.78, 5) is 12.3. The van der Waals surface area contributed by atoms with E-state index in [4.69, 9.17) is 0 Å². The maximum absolute atomic E-state index is 12.3. The quantitative estimate of drug-likeness (QED) is 0.625. The number of fused-ring (bicyclic) bond motifs is 1. The molecule has 0 amide bonds. The predicted octanol–water partition coefficient (Wildman–Crippen LogP) is 3.02. The molecule has 0 saturated carbocycles. The highest BCUT2D eigenvalue weighted by Gasteiger charge is 2.47. The van der Waals surface area contributed by atoms with Crippen molar-refractivity contribution in [2.75, 3.05) is 0 Å². The van der Waals surface area contributed by atoms with Crippen LogP contribution < -0.4 is 0 Å². The molecule has 0 aromatic heterocycles. The van der Waals surface area contributed by atoms with E-state index >= 15 is 0 Å². The zero-order chi connectivity index (χ0) is 13.5. The van der Waals surface area contributed by atoms with Crippen molar-refractivity contribution in [2.45, 2.75) is 12.3 Å². The molecule has 1 aliphatic carbocycles. The summed E-state index contributed by atoms with van der Waals surface area (Å²) in [6.07, 6.45) is 0. The van der Waals surface area contributed by atoms with E-state index in [1.165, 1.54) is 0 Å². The minimum Gasteiger partial charge on any atom is -0.410 e. The Morgan fingerprint density at radius 2 is 1.63 bits per heavy atom.